The van der Waals surface area contributed by atoms with E-state index in [4.69, 9.17) is 5.26 Å². The fraction of sp³-hybridized carbons (Fsp3) is 0.500. The molecule has 25 heavy (non-hydrogen) atoms. The van der Waals surface area contributed by atoms with Crippen LogP contribution in [-0.4, -0.2) is 70.2 Å². The summed E-state index contributed by atoms with van der Waals surface area (Å²) in [5.41, 5.74) is 0.420. The Hall–Kier alpha value is -2.31. The van der Waals surface area contributed by atoms with Crippen LogP contribution in [0.5, 0.6) is 0 Å². The van der Waals surface area contributed by atoms with Crippen LogP contribution in [0.3, 0.4) is 0 Å². The predicted molar refractivity (Wildman–Crippen MR) is 93.2 cm³/mol. The van der Waals surface area contributed by atoms with E-state index in [1.54, 1.807) is 28.8 Å². The van der Waals surface area contributed by atoms with E-state index in [1.807, 2.05) is 11.0 Å². The minimum atomic E-state index is -0.961. The lowest BCUT2D eigenvalue weighted by Gasteiger charge is -2.28. The molecule has 2 fully saturated rings. The maximum Gasteiger partial charge on any atom is 0.323 e. The normalized spacial score (nSPS) is 22.6. The second-order valence-corrected chi connectivity index (χ2v) is 7.10. The first-order valence-electron chi connectivity index (χ1n) is 8.03. The van der Waals surface area contributed by atoms with Gasteiger partial charge in [0.1, 0.15) is 18.4 Å². The van der Waals surface area contributed by atoms with Crippen LogP contribution in [0.2, 0.25) is 0 Å². The topological polar surface area (TPSA) is 110 Å². The highest BCUT2D eigenvalue weighted by atomic mass is 32.2. The van der Waals surface area contributed by atoms with Gasteiger partial charge in [-0.2, -0.15) is 5.26 Å². The highest BCUT2D eigenvalue weighted by Crippen LogP contribution is 2.23. The van der Waals surface area contributed by atoms with Crippen molar-refractivity contribution < 1.29 is 14.7 Å². The number of carbonyl (C=O) groups is 2. The zero-order chi connectivity index (χ0) is 17.8. The van der Waals surface area contributed by atoms with E-state index in [0.29, 0.717) is 24.3 Å². The molecule has 8 nitrogen and oxygen atoms in total. The molecular formula is C16H19N5O3S. The molecule has 0 bridgehead atoms. The van der Waals surface area contributed by atoms with Crippen molar-refractivity contribution in [3.8, 4) is 6.07 Å². The summed E-state index contributed by atoms with van der Waals surface area (Å²) < 4.78 is 0. The number of pyridine rings is 1. The number of hydrogen-bond acceptors (Lipinski definition) is 7. The number of aliphatic carboxylic acids is 1. The molecule has 3 rings (SSSR count). The second-order valence-electron chi connectivity index (χ2n) is 6.03. The Balaban J connectivity index is 1.72. The van der Waals surface area contributed by atoms with Crippen LogP contribution < -0.4 is 10.2 Å². The van der Waals surface area contributed by atoms with Crippen LogP contribution in [0.25, 0.3) is 0 Å². The Kier molecular flexibility index (Phi) is 5.40. The van der Waals surface area contributed by atoms with Gasteiger partial charge in [-0.1, -0.05) is 0 Å². The van der Waals surface area contributed by atoms with Gasteiger partial charge in [0, 0.05) is 31.1 Å². The van der Waals surface area contributed by atoms with Gasteiger partial charge in [0.25, 0.3) is 0 Å². The predicted octanol–water partition coefficient (Wildman–Crippen LogP) is 0.108. The van der Waals surface area contributed by atoms with Crippen molar-refractivity contribution >= 4 is 29.5 Å². The van der Waals surface area contributed by atoms with Gasteiger partial charge in [0.15, 0.2) is 0 Å². The molecule has 2 aliphatic rings. The highest BCUT2D eigenvalue weighted by Gasteiger charge is 2.36. The lowest BCUT2D eigenvalue weighted by Crippen LogP contribution is -2.42. The van der Waals surface area contributed by atoms with Gasteiger partial charge in [0.05, 0.1) is 17.5 Å². The van der Waals surface area contributed by atoms with Crippen LogP contribution in [0.15, 0.2) is 18.3 Å². The summed E-state index contributed by atoms with van der Waals surface area (Å²) in [7, 11) is 0. The molecule has 0 radical (unpaired) electrons. The van der Waals surface area contributed by atoms with Gasteiger partial charge in [-0.3, -0.25) is 9.59 Å². The van der Waals surface area contributed by atoms with Gasteiger partial charge in [-0.25, -0.2) is 4.98 Å². The van der Waals surface area contributed by atoms with Crippen molar-refractivity contribution in [2.24, 2.45) is 0 Å². The largest absolute Gasteiger partial charge is 0.480 e. The van der Waals surface area contributed by atoms with Crippen LogP contribution >= 0.6 is 11.8 Å². The molecule has 1 amide bonds. The Morgan fingerprint density at radius 1 is 1.52 bits per heavy atom. The molecule has 0 aliphatic carbocycles. The maximum absolute atomic E-state index is 12.5. The number of thioether (sulfide) groups is 1. The fourth-order valence-corrected chi connectivity index (χ4v) is 4.07. The van der Waals surface area contributed by atoms with Gasteiger partial charge in [0.2, 0.25) is 5.91 Å². The molecule has 2 atom stereocenters. The third-order valence-corrected chi connectivity index (χ3v) is 5.35. The molecular weight excluding hydrogens is 342 g/mol. The van der Waals surface area contributed by atoms with Gasteiger partial charge in [-0.05, 0) is 18.6 Å². The summed E-state index contributed by atoms with van der Waals surface area (Å²) >= 11 is 1.74. The van der Waals surface area contributed by atoms with Crippen LogP contribution in [-0.2, 0) is 9.59 Å². The summed E-state index contributed by atoms with van der Waals surface area (Å²) in [5, 5.41) is 21.3. The zero-order valence-corrected chi connectivity index (χ0v) is 14.4. The SMILES string of the molecule is N#Cc1ccc(N(CC(=O)O)[C@@H]2CN[C@H](C(=O)N3CCSC3)C2)nc1. The molecule has 0 saturated carbocycles. The highest BCUT2D eigenvalue weighted by molar-refractivity contribution is 7.99. The molecule has 0 unspecified atom stereocenters. The Morgan fingerprint density at radius 2 is 2.36 bits per heavy atom. The van der Waals surface area contributed by atoms with Gasteiger partial charge < -0.3 is 20.2 Å². The molecule has 0 spiro atoms. The summed E-state index contributed by atoms with van der Waals surface area (Å²) in [6.45, 7) is 1.08. The Morgan fingerprint density at radius 3 is 2.96 bits per heavy atom. The van der Waals surface area contributed by atoms with E-state index in [2.05, 4.69) is 10.3 Å². The van der Waals surface area contributed by atoms with Crippen molar-refractivity contribution in [2.75, 3.05) is 36.2 Å². The molecule has 2 aliphatic heterocycles. The lowest BCUT2D eigenvalue weighted by atomic mass is 10.1. The molecule has 1 aromatic rings. The average Bonchev–Trinajstić information content (AvgIpc) is 3.31. The molecule has 132 valence electrons. The first-order chi connectivity index (χ1) is 12.1. The number of amides is 1. The second kappa shape index (κ2) is 7.72. The molecule has 3 heterocycles. The molecule has 2 N–H and O–H groups in total. The van der Waals surface area contributed by atoms with Crippen molar-refractivity contribution in [2.45, 2.75) is 18.5 Å². The van der Waals surface area contributed by atoms with Crippen LogP contribution in [0.1, 0.15) is 12.0 Å². The van der Waals surface area contributed by atoms with E-state index >= 15 is 0 Å². The standard InChI is InChI=1S/C16H19N5O3S/c17-6-11-1-2-14(19-7-11)21(9-15(22)23)12-5-13(18-8-12)16(24)20-3-4-25-10-20/h1-2,7,12-13,18H,3-5,8-10H2,(H,22,23)/t12-,13-/m0/s1. The number of nitrogens with zero attached hydrogens (tertiary/aromatic N) is 4. The van der Waals surface area contributed by atoms with Crippen molar-refractivity contribution in [1.82, 2.24) is 15.2 Å². The first kappa shape index (κ1) is 17.5. The summed E-state index contributed by atoms with van der Waals surface area (Å²) in [5.74, 6) is 1.30. The maximum atomic E-state index is 12.5. The van der Waals surface area contributed by atoms with Crippen LogP contribution in [0.4, 0.5) is 5.82 Å². The fourth-order valence-electron chi connectivity index (χ4n) is 3.12. The molecule has 1 aromatic heterocycles. The van der Waals surface area contributed by atoms with Gasteiger partial charge in [-0.15, -0.1) is 11.8 Å². The number of nitriles is 1. The monoisotopic (exact) mass is 361 g/mol. The number of carboxylic acid groups (broad SMARTS) is 1. The number of carboxylic acids is 1. The third kappa shape index (κ3) is 4.03. The summed E-state index contributed by atoms with van der Waals surface area (Å²) in [6, 6.07) is 4.82. The summed E-state index contributed by atoms with van der Waals surface area (Å²) in [6.07, 6.45) is 1.96. The zero-order valence-electron chi connectivity index (χ0n) is 13.6. The Bertz CT molecular complexity index is 684. The minimum absolute atomic E-state index is 0.0792. The quantitative estimate of drug-likeness (QED) is 0.760. The number of carbonyl (C=O) groups excluding carboxylic acids is 1. The number of rotatable bonds is 5. The van der Waals surface area contributed by atoms with Crippen LogP contribution in [0, 0.1) is 11.3 Å². The van der Waals surface area contributed by atoms with Crippen molar-refractivity contribution in [3.63, 3.8) is 0 Å². The molecule has 9 heteroatoms. The Labute approximate surface area is 149 Å². The third-order valence-electron chi connectivity index (χ3n) is 4.39. The lowest BCUT2D eigenvalue weighted by molar-refractivity contribution is -0.135. The number of hydrogen-bond donors (Lipinski definition) is 2. The van der Waals surface area contributed by atoms with Crippen molar-refractivity contribution in [1.29, 1.82) is 5.26 Å². The average molecular weight is 361 g/mol. The number of aromatic nitrogens is 1. The number of anilines is 1. The molecule has 0 aromatic carbocycles. The van der Waals surface area contributed by atoms with E-state index in [1.165, 1.54) is 6.20 Å². The van der Waals surface area contributed by atoms with E-state index < -0.39 is 5.97 Å². The van der Waals surface area contributed by atoms with Crippen molar-refractivity contribution in [3.05, 3.63) is 23.9 Å². The minimum Gasteiger partial charge on any atom is -0.480 e. The first-order valence-corrected chi connectivity index (χ1v) is 9.18. The summed E-state index contributed by atoms with van der Waals surface area (Å²) in [4.78, 5) is 31.5. The van der Waals surface area contributed by atoms with E-state index in [0.717, 1.165) is 18.2 Å². The molecule has 2 saturated heterocycles. The number of nitrogens with one attached hydrogen (secondary N) is 1. The van der Waals surface area contributed by atoms with E-state index in [9.17, 15) is 14.7 Å². The van der Waals surface area contributed by atoms with E-state index in [-0.39, 0.29) is 24.5 Å². The van der Waals surface area contributed by atoms with Gasteiger partial charge >= 0.3 is 5.97 Å². The smallest absolute Gasteiger partial charge is 0.323 e.